The van der Waals surface area contributed by atoms with E-state index in [0.717, 1.165) is 45.1 Å². The Balaban J connectivity index is 1.86. The van der Waals surface area contributed by atoms with Crippen molar-refractivity contribution in [3.05, 3.63) is 0 Å². The summed E-state index contributed by atoms with van der Waals surface area (Å²) < 4.78 is 0. The fourth-order valence-corrected chi connectivity index (χ4v) is 3.58. The molecule has 1 unspecified atom stereocenters. The standard InChI is InChI=1S/C17H32N2O2/c1-15(2)7-9-17(21,10-8-15)12-19-14(20)13-16(3,4)6-5-11-18-13/h13,18,21H,5-12H2,1-4H3,(H,19,20). The molecule has 122 valence electrons. The normalized spacial score (nSPS) is 30.6. The van der Waals surface area contributed by atoms with Crippen LogP contribution in [0.15, 0.2) is 0 Å². The van der Waals surface area contributed by atoms with Crippen LogP contribution in [0.2, 0.25) is 0 Å². The van der Waals surface area contributed by atoms with Gasteiger partial charge in [0.1, 0.15) is 0 Å². The third kappa shape index (κ3) is 4.19. The maximum atomic E-state index is 12.4. The molecule has 0 aromatic heterocycles. The van der Waals surface area contributed by atoms with Crippen LogP contribution in [0.4, 0.5) is 0 Å². The lowest BCUT2D eigenvalue weighted by Crippen LogP contribution is -2.57. The van der Waals surface area contributed by atoms with Gasteiger partial charge in [-0.1, -0.05) is 27.7 Å². The highest BCUT2D eigenvalue weighted by Crippen LogP contribution is 2.40. The van der Waals surface area contributed by atoms with E-state index < -0.39 is 5.60 Å². The zero-order valence-corrected chi connectivity index (χ0v) is 14.1. The molecule has 1 amide bonds. The number of nitrogens with one attached hydrogen (secondary N) is 2. The fourth-order valence-electron chi connectivity index (χ4n) is 3.58. The van der Waals surface area contributed by atoms with E-state index >= 15 is 0 Å². The molecule has 1 saturated carbocycles. The average molecular weight is 296 g/mol. The van der Waals surface area contributed by atoms with E-state index in [2.05, 4.69) is 38.3 Å². The maximum Gasteiger partial charge on any atom is 0.237 e. The molecule has 0 aromatic carbocycles. The molecule has 1 atom stereocenters. The second kappa shape index (κ2) is 5.88. The third-order valence-electron chi connectivity index (χ3n) is 5.52. The summed E-state index contributed by atoms with van der Waals surface area (Å²) in [5.74, 6) is 0.0398. The largest absolute Gasteiger partial charge is 0.388 e. The first kappa shape index (κ1) is 16.8. The van der Waals surface area contributed by atoms with Crippen molar-refractivity contribution in [1.82, 2.24) is 10.6 Å². The average Bonchev–Trinajstić information content (AvgIpc) is 2.40. The minimum Gasteiger partial charge on any atom is -0.388 e. The molecule has 4 nitrogen and oxygen atoms in total. The Morgan fingerprint density at radius 3 is 2.33 bits per heavy atom. The SMILES string of the molecule is CC1(C)CCC(O)(CNC(=O)C2NCCCC2(C)C)CC1. The molecule has 3 N–H and O–H groups in total. The van der Waals surface area contributed by atoms with Crippen LogP contribution < -0.4 is 10.6 Å². The van der Waals surface area contributed by atoms with Crippen LogP contribution in [0.3, 0.4) is 0 Å². The van der Waals surface area contributed by atoms with Gasteiger partial charge in [0.05, 0.1) is 11.6 Å². The highest BCUT2D eigenvalue weighted by molar-refractivity contribution is 5.82. The van der Waals surface area contributed by atoms with E-state index in [4.69, 9.17) is 0 Å². The highest BCUT2D eigenvalue weighted by Gasteiger charge is 2.40. The Labute approximate surface area is 129 Å². The molecule has 2 rings (SSSR count). The van der Waals surface area contributed by atoms with Gasteiger partial charge in [-0.15, -0.1) is 0 Å². The summed E-state index contributed by atoms with van der Waals surface area (Å²) >= 11 is 0. The van der Waals surface area contributed by atoms with Crippen molar-refractivity contribution in [3.8, 4) is 0 Å². The van der Waals surface area contributed by atoms with Gasteiger partial charge in [0.15, 0.2) is 0 Å². The van der Waals surface area contributed by atoms with Crippen LogP contribution in [0.1, 0.15) is 66.2 Å². The number of aliphatic hydroxyl groups is 1. The maximum absolute atomic E-state index is 12.4. The molecule has 0 aromatic rings. The molecule has 4 heteroatoms. The van der Waals surface area contributed by atoms with Crippen molar-refractivity contribution in [2.24, 2.45) is 10.8 Å². The van der Waals surface area contributed by atoms with Gasteiger partial charge in [0.25, 0.3) is 0 Å². The smallest absolute Gasteiger partial charge is 0.237 e. The lowest BCUT2D eigenvalue weighted by Gasteiger charge is -2.42. The van der Waals surface area contributed by atoms with E-state index in [1.807, 2.05) is 0 Å². The second-order valence-corrected chi connectivity index (χ2v) is 8.59. The molecule has 0 spiro atoms. The zero-order chi connectivity index (χ0) is 15.7. The van der Waals surface area contributed by atoms with Crippen molar-refractivity contribution in [2.45, 2.75) is 77.9 Å². The first-order valence-corrected chi connectivity index (χ1v) is 8.37. The Morgan fingerprint density at radius 1 is 1.14 bits per heavy atom. The van der Waals surface area contributed by atoms with Crippen molar-refractivity contribution in [2.75, 3.05) is 13.1 Å². The van der Waals surface area contributed by atoms with Gasteiger partial charge in [-0.05, 0) is 55.9 Å². The van der Waals surface area contributed by atoms with Crippen LogP contribution in [0, 0.1) is 10.8 Å². The minimum atomic E-state index is -0.718. The molecule has 1 saturated heterocycles. The van der Waals surface area contributed by atoms with Gasteiger partial charge < -0.3 is 15.7 Å². The number of carbonyl (C=O) groups is 1. The van der Waals surface area contributed by atoms with E-state index in [1.165, 1.54) is 0 Å². The first-order valence-electron chi connectivity index (χ1n) is 8.37. The van der Waals surface area contributed by atoms with Crippen molar-refractivity contribution in [3.63, 3.8) is 0 Å². The molecule has 2 fully saturated rings. The summed E-state index contributed by atoms with van der Waals surface area (Å²) in [5, 5.41) is 17.0. The Hall–Kier alpha value is -0.610. The number of piperidine rings is 1. The summed E-state index contributed by atoms with van der Waals surface area (Å²) in [6.45, 7) is 10.1. The van der Waals surface area contributed by atoms with E-state index in [9.17, 15) is 9.90 Å². The quantitative estimate of drug-likeness (QED) is 0.748. The lowest BCUT2D eigenvalue weighted by molar-refractivity contribution is -0.128. The molecular formula is C17H32N2O2. The van der Waals surface area contributed by atoms with E-state index in [0.29, 0.717) is 12.0 Å². The van der Waals surface area contributed by atoms with Crippen LogP contribution in [0.25, 0.3) is 0 Å². The summed E-state index contributed by atoms with van der Waals surface area (Å²) in [6.07, 6.45) is 5.79. The van der Waals surface area contributed by atoms with Crippen molar-refractivity contribution >= 4 is 5.91 Å². The predicted octanol–water partition coefficient (Wildman–Crippen LogP) is 2.21. The Bertz CT molecular complexity index is 380. The lowest BCUT2D eigenvalue weighted by atomic mass is 9.71. The van der Waals surface area contributed by atoms with Gasteiger partial charge in [0.2, 0.25) is 5.91 Å². The Kier molecular flexibility index (Phi) is 4.69. The van der Waals surface area contributed by atoms with E-state index in [-0.39, 0.29) is 17.4 Å². The van der Waals surface area contributed by atoms with Gasteiger partial charge in [-0.25, -0.2) is 0 Å². The number of amides is 1. The second-order valence-electron chi connectivity index (χ2n) is 8.59. The molecule has 2 aliphatic rings. The van der Waals surface area contributed by atoms with Crippen molar-refractivity contribution < 1.29 is 9.90 Å². The first-order chi connectivity index (χ1) is 9.64. The number of carbonyl (C=O) groups excluding carboxylic acids is 1. The molecule has 1 aliphatic heterocycles. The monoisotopic (exact) mass is 296 g/mol. The topological polar surface area (TPSA) is 61.4 Å². The third-order valence-corrected chi connectivity index (χ3v) is 5.52. The molecular weight excluding hydrogens is 264 g/mol. The van der Waals surface area contributed by atoms with Gasteiger partial charge >= 0.3 is 0 Å². The number of rotatable bonds is 3. The van der Waals surface area contributed by atoms with Gasteiger partial charge in [0, 0.05) is 6.54 Å². The van der Waals surface area contributed by atoms with Crippen LogP contribution >= 0.6 is 0 Å². The van der Waals surface area contributed by atoms with Gasteiger partial charge in [-0.2, -0.15) is 0 Å². The molecule has 1 aliphatic carbocycles. The Morgan fingerprint density at radius 2 is 1.76 bits per heavy atom. The molecule has 21 heavy (non-hydrogen) atoms. The predicted molar refractivity (Wildman–Crippen MR) is 85.0 cm³/mol. The molecule has 1 heterocycles. The molecule has 0 bridgehead atoms. The summed E-state index contributed by atoms with van der Waals surface area (Å²) in [5.41, 5.74) is -0.410. The minimum absolute atomic E-state index is 0.0144. The van der Waals surface area contributed by atoms with Crippen LogP contribution in [-0.4, -0.2) is 35.7 Å². The van der Waals surface area contributed by atoms with E-state index in [1.54, 1.807) is 0 Å². The summed E-state index contributed by atoms with van der Waals surface area (Å²) in [7, 11) is 0. The highest BCUT2D eigenvalue weighted by atomic mass is 16.3. The molecule has 0 radical (unpaired) electrons. The summed E-state index contributed by atoms with van der Waals surface area (Å²) in [6, 6.07) is -0.144. The van der Waals surface area contributed by atoms with Gasteiger partial charge in [-0.3, -0.25) is 4.79 Å². The number of hydrogen-bond acceptors (Lipinski definition) is 3. The number of hydrogen-bond donors (Lipinski definition) is 3. The zero-order valence-electron chi connectivity index (χ0n) is 14.1. The van der Waals surface area contributed by atoms with Crippen LogP contribution in [0.5, 0.6) is 0 Å². The van der Waals surface area contributed by atoms with Crippen molar-refractivity contribution in [1.29, 1.82) is 0 Å². The fraction of sp³-hybridized carbons (Fsp3) is 0.941. The summed E-state index contributed by atoms with van der Waals surface area (Å²) in [4.78, 5) is 12.4. The van der Waals surface area contributed by atoms with Crippen LogP contribution in [-0.2, 0) is 4.79 Å².